The van der Waals surface area contributed by atoms with Gasteiger partial charge >= 0.3 is 0 Å². The van der Waals surface area contributed by atoms with E-state index in [9.17, 15) is 4.79 Å². The Morgan fingerprint density at radius 1 is 1.67 bits per heavy atom. The molecule has 0 aromatic carbocycles. The third kappa shape index (κ3) is 3.37. The fourth-order valence-corrected chi connectivity index (χ4v) is 1.73. The van der Waals surface area contributed by atoms with Crippen molar-refractivity contribution in [2.75, 3.05) is 6.54 Å². The van der Waals surface area contributed by atoms with E-state index in [2.05, 4.69) is 5.32 Å². The molecule has 80 valence electrons. The summed E-state index contributed by atoms with van der Waals surface area (Å²) in [6, 6.07) is 6.00. The molecule has 0 atom stereocenters. The maximum atomic E-state index is 11.5. The van der Waals surface area contributed by atoms with E-state index in [1.807, 2.05) is 23.6 Å². The number of nitriles is 1. The lowest BCUT2D eigenvalue weighted by atomic mass is 9.95. The molecular formula is C11H14N2OS. The average Bonchev–Trinajstić information content (AvgIpc) is 2.70. The van der Waals surface area contributed by atoms with Crippen LogP contribution in [-0.2, 0) is 11.2 Å². The largest absolute Gasteiger partial charge is 0.354 e. The Kier molecular flexibility index (Phi) is 3.87. The van der Waals surface area contributed by atoms with Crippen LogP contribution in [0.5, 0.6) is 0 Å². The van der Waals surface area contributed by atoms with Gasteiger partial charge in [-0.25, -0.2) is 0 Å². The minimum Gasteiger partial charge on any atom is -0.354 e. The van der Waals surface area contributed by atoms with Crippen LogP contribution in [0.15, 0.2) is 17.5 Å². The summed E-state index contributed by atoms with van der Waals surface area (Å²) in [4.78, 5) is 12.7. The van der Waals surface area contributed by atoms with E-state index in [1.165, 1.54) is 4.88 Å². The van der Waals surface area contributed by atoms with Gasteiger partial charge in [0.05, 0.1) is 6.07 Å². The Hall–Kier alpha value is -1.34. The fourth-order valence-electron chi connectivity index (χ4n) is 1.03. The fraction of sp³-hybridized carbons (Fsp3) is 0.455. The number of thiophene rings is 1. The van der Waals surface area contributed by atoms with E-state index in [0.29, 0.717) is 6.54 Å². The van der Waals surface area contributed by atoms with Gasteiger partial charge in [0.25, 0.3) is 0 Å². The van der Waals surface area contributed by atoms with Crippen LogP contribution in [0.2, 0.25) is 0 Å². The van der Waals surface area contributed by atoms with Crippen LogP contribution in [0.25, 0.3) is 0 Å². The van der Waals surface area contributed by atoms with E-state index in [1.54, 1.807) is 25.2 Å². The second-order valence-electron chi connectivity index (χ2n) is 3.82. The molecule has 1 heterocycles. The maximum absolute atomic E-state index is 11.5. The zero-order valence-electron chi connectivity index (χ0n) is 8.91. The first-order valence-corrected chi connectivity index (χ1v) is 5.66. The van der Waals surface area contributed by atoms with Crippen molar-refractivity contribution in [1.29, 1.82) is 5.26 Å². The van der Waals surface area contributed by atoms with Crippen molar-refractivity contribution in [3.8, 4) is 6.07 Å². The normalized spacial score (nSPS) is 10.7. The third-order valence-electron chi connectivity index (χ3n) is 2.08. The van der Waals surface area contributed by atoms with Crippen molar-refractivity contribution in [2.24, 2.45) is 5.41 Å². The highest BCUT2D eigenvalue weighted by atomic mass is 32.1. The third-order valence-corrected chi connectivity index (χ3v) is 3.02. The van der Waals surface area contributed by atoms with Crippen LogP contribution < -0.4 is 5.32 Å². The van der Waals surface area contributed by atoms with Crippen molar-refractivity contribution in [3.05, 3.63) is 22.4 Å². The van der Waals surface area contributed by atoms with Gasteiger partial charge in [0.1, 0.15) is 5.41 Å². The lowest BCUT2D eigenvalue weighted by molar-refractivity contribution is -0.126. The first-order valence-electron chi connectivity index (χ1n) is 4.78. The van der Waals surface area contributed by atoms with Gasteiger partial charge in [-0.3, -0.25) is 4.79 Å². The Morgan fingerprint density at radius 2 is 2.40 bits per heavy atom. The molecule has 1 aromatic heterocycles. The van der Waals surface area contributed by atoms with Crippen LogP contribution in [0, 0.1) is 16.7 Å². The van der Waals surface area contributed by atoms with E-state index in [4.69, 9.17) is 5.26 Å². The molecule has 1 N–H and O–H groups in total. The molecule has 0 aliphatic heterocycles. The monoisotopic (exact) mass is 222 g/mol. The molecule has 0 aliphatic rings. The molecule has 0 spiro atoms. The summed E-state index contributed by atoms with van der Waals surface area (Å²) in [7, 11) is 0. The number of nitrogens with zero attached hydrogens (tertiary/aromatic N) is 1. The second kappa shape index (κ2) is 4.94. The molecule has 0 radical (unpaired) electrons. The first kappa shape index (κ1) is 11.7. The van der Waals surface area contributed by atoms with Crippen LogP contribution in [0.3, 0.4) is 0 Å². The summed E-state index contributed by atoms with van der Waals surface area (Å²) >= 11 is 1.67. The van der Waals surface area contributed by atoms with Crippen LogP contribution >= 0.6 is 11.3 Å². The summed E-state index contributed by atoms with van der Waals surface area (Å²) in [6.07, 6.45) is 0.824. The molecule has 1 aromatic rings. The molecule has 0 saturated heterocycles. The molecule has 1 rings (SSSR count). The Bertz CT molecular complexity index is 362. The topological polar surface area (TPSA) is 52.9 Å². The zero-order chi connectivity index (χ0) is 11.3. The van der Waals surface area contributed by atoms with Gasteiger partial charge in [-0.15, -0.1) is 11.3 Å². The van der Waals surface area contributed by atoms with Gasteiger partial charge in [-0.2, -0.15) is 5.26 Å². The number of hydrogen-bond donors (Lipinski definition) is 1. The highest BCUT2D eigenvalue weighted by molar-refractivity contribution is 7.09. The molecule has 0 unspecified atom stereocenters. The minimum absolute atomic E-state index is 0.207. The molecule has 4 heteroatoms. The van der Waals surface area contributed by atoms with Crippen LogP contribution in [0.1, 0.15) is 18.7 Å². The van der Waals surface area contributed by atoms with Crippen molar-refractivity contribution in [2.45, 2.75) is 20.3 Å². The van der Waals surface area contributed by atoms with Gasteiger partial charge in [0.2, 0.25) is 5.91 Å². The summed E-state index contributed by atoms with van der Waals surface area (Å²) in [5.74, 6) is -0.207. The lowest BCUT2D eigenvalue weighted by Crippen LogP contribution is -2.36. The molecule has 1 amide bonds. The molecule has 3 nitrogen and oxygen atoms in total. The van der Waals surface area contributed by atoms with Gasteiger partial charge in [-0.05, 0) is 31.7 Å². The second-order valence-corrected chi connectivity index (χ2v) is 4.85. The molecule has 0 fully saturated rings. The van der Waals surface area contributed by atoms with Crippen molar-refractivity contribution < 1.29 is 4.79 Å². The first-order chi connectivity index (χ1) is 7.06. The highest BCUT2D eigenvalue weighted by Gasteiger charge is 2.26. The number of carbonyl (C=O) groups excluding carboxylic acids is 1. The van der Waals surface area contributed by atoms with Gasteiger partial charge < -0.3 is 5.32 Å². The van der Waals surface area contributed by atoms with Crippen LogP contribution in [-0.4, -0.2) is 12.5 Å². The molecule has 0 saturated carbocycles. The van der Waals surface area contributed by atoms with E-state index < -0.39 is 5.41 Å². The van der Waals surface area contributed by atoms with Gasteiger partial charge in [0, 0.05) is 11.4 Å². The van der Waals surface area contributed by atoms with E-state index in [0.717, 1.165) is 6.42 Å². The average molecular weight is 222 g/mol. The number of carbonyl (C=O) groups is 1. The number of amides is 1. The number of rotatable bonds is 4. The van der Waals surface area contributed by atoms with Crippen molar-refractivity contribution in [1.82, 2.24) is 5.32 Å². The standard InChI is InChI=1S/C11H14N2OS/c1-11(2,8-12)10(14)13-6-5-9-4-3-7-15-9/h3-4,7H,5-6H2,1-2H3,(H,13,14). The van der Waals surface area contributed by atoms with E-state index >= 15 is 0 Å². The quantitative estimate of drug-likeness (QED) is 0.846. The summed E-state index contributed by atoms with van der Waals surface area (Å²) in [6.45, 7) is 3.82. The van der Waals surface area contributed by atoms with Gasteiger partial charge in [0.15, 0.2) is 0 Å². The SMILES string of the molecule is CC(C)(C#N)C(=O)NCCc1cccs1. The Balaban J connectivity index is 2.33. The van der Waals surface area contributed by atoms with Crippen molar-refractivity contribution >= 4 is 17.2 Å². The van der Waals surface area contributed by atoms with E-state index in [-0.39, 0.29) is 5.91 Å². The molecular weight excluding hydrogens is 208 g/mol. The summed E-state index contributed by atoms with van der Waals surface area (Å²) in [5.41, 5.74) is -0.935. The summed E-state index contributed by atoms with van der Waals surface area (Å²) in [5, 5.41) is 13.5. The summed E-state index contributed by atoms with van der Waals surface area (Å²) < 4.78 is 0. The molecule has 0 bridgehead atoms. The number of nitrogens with one attached hydrogen (secondary N) is 1. The lowest BCUT2D eigenvalue weighted by Gasteiger charge is -2.14. The zero-order valence-corrected chi connectivity index (χ0v) is 9.73. The number of hydrogen-bond acceptors (Lipinski definition) is 3. The van der Waals surface area contributed by atoms with Gasteiger partial charge in [-0.1, -0.05) is 6.07 Å². The predicted molar refractivity (Wildman–Crippen MR) is 60.4 cm³/mol. The predicted octanol–water partition coefficient (Wildman–Crippen LogP) is 1.96. The van der Waals surface area contributed by atoms with Crippen molar-refractivity contribution in [3.63, 3.8) is 0 Å². The Morgan fingerprint density at radius 3 is 2.93 bits per heavy atom. The highest BCUT2D eigenvalue weighted by Crippen LogP contribution is 2.13. The molecule has 0 aliphatic carbocycles. The minimum atomic E-state index is -0.935. The molecule has 15 heavy (non-hydrogen) atoms. The smallest absolute Gasteiger partial charge is 0.239 e. The Labute approximate surface area is 93.7 Å². The maximum Gasteiger partial charge on any atom is 0.239 e. The van der Waals surface area contributed by atoms with Crippen LogP contribution in [0.4, 0.5) is 0 Å².